The van der Waals surface area contributed by atoms with Gasteiger partial charge in [-0.15, -0.1) is 0 Å². The summed E-state index contributed by atoms with van der Waals surface area (Å²) in [6.45, 7) is 2.51. The number of alkyl halides is 3. The van der Waals surface area contributed by atoms with Crippen LogP contribution in [0, 0.1) is 5.82 Å². The fraction of sp³-hybridized carbons (Fsp3) is 0.357. The number of rotatable bonds is 4. The molecule has 0 fully saturated rings. The zero-order valence-electron chi connectivity index (χ0n) is 11.2. The smallest absolute Gasteiger partial charge is 0.384 e. The van der Waals surface area contributed by atoms with E-state index in [9.17, 15) is 22.7 Å². The van der Waals surface area contributed by atoms with Crippen LogP contribution in [0.4, 0.5) is 17.6 Å². The van der Waals surface area contributed by atoms with Gasteiger partial charge in [-0.3, -0.25) is 4.68 Å². The Morgan fingerprint density at radius 2 is 2.05 bits per heavy atom. The SMILES string of the molecule is CCCn1cc(C(O)c2cc(F)ccc2C(F)(F)F)cn1. The van der Waals surface area contributed by atoms with Gasteiger partial charge in [-0.2, -0.15) is 18.3 Å². The van der Waals surface area contributed by atoms with E-state index in [1.54, 1.807) is 0 Å². The van der Waals surface area contributed by atoms with Crippen molar-refractivity contribution in [2.75, 3.05) is 0 Å². The number of hydrogen-bond donors (Lipinski definition) is 1. The standard InChI is InChI=1S/C14H14F4N2O/c1-2-5-20-8-9(7-19-20)13(21)11-6-10(15)3-4-12(11)14(16,17)18/h3-4,6-8,13,21H,2,5H2,1H3. The van der Waals surface area contributed by atoms with Gasteiger partial charge in [-0.05, 0) is 24.6 Å². The van der Waals surface area contributed by atoms with E-state index in [0.29, 0.717) is 18.7 Å². The van der Waals surface area contributed by atoms with Gasteiger partial charge in [0.2, 0.25) is 0 Å². The Labute approximate surface area is 118 Å². The molecule has 0 bridgehead atoms. The molecule has 0 aliphatic carbocycles. The molecule has 114 valence electrons. The van der Waals surface area contributed by atoms with Gasteiger partial charge >= 0.3 is 6.18 Å². The van der Waals surface area contributed by atoms with E-state index < -0.39 is 29.2 Å². The van der Waals surface area contributed by atoms with Crippen LogP contribution in [0.1, 0.15) is 36.1 Å². The summed E-state index contributed by atoms with van der Waals surface area (Å²) in [6.07, 6.45) is -2.71. The Morgan fingerprint density at radius 3 is 2.67 bits per heavy atom. The van der Waals surface area contributed by atoms with Crippen molar-refractivity contribution in [3.05, 3.63) is 53.1 Å². The molecule has 0 saturated carbocycles. The number of aliphatic hydroxyl groups is 1. The number of benzene rings is 1. The van der Waals surface area contributed by atoms with E-state index in [4.69, 9.17) is 0 Å². The van der Waals surface area contributed by atoms with E-state index in [1.165, 1.54) is 17.1 Å². The Hall–Kier alpha value is -1.89. The summed E-state index contributed by atoms with van der Waals surface area (Å²) in [7, 11) is 0. The first-order valence-corrected chi connectivity index (χ1v) is 6.40. The van der Waals surface area contributed by atoms with E-state index in [2.05, 4.69) is 5.10 Å². The lowest BCUT2D eigenvalue weighted by molar-refractivity contribution is -0.139. The van der Waals surface area contributed by atoms with E-state index >= 15 is 0 Å². The highest BCUT2D eigenvalue weighted by molar-refractivity contribution is 5.36. The average molecular weight is 302 g/mol. The molecule has 0 saturated heterocycles. The minimum atomic E-state index is -4.66. The summed E-state index contributed by atoms with van der Waals surface area (Å²) in [4.78, 5) is 0. The first-order valence-electron chi connectivity index (χ1n) is 6.40. The maximum atomic E-state index is 13.2. The van der Waals surface area contributed by atoms with Crippen molar-refractivity contribution >= 4 is 0 Å². The van der Waals surface area contributed by atoms with Crippen LogP contribution in [-0.4, -0.2) is 14.9 Å². The number of aryl methyl sites for hydroxylation is 1. The van der Waals surface area contributed by atoms with Crippen molar-refractivity contribution in [3.63, 3.8) is 0 Å². The van der Waals surface area contributed by atoms with Gasteiger partial charge < -0.3 is 5.11 Å². The van der Waals surface area contributed by atoms with Crippen molar-refractivity contribution in [2.24, 2.45) is 0 Å². The summed E-state index contributed by atoms with van der Waals surface area (Å²) in [5.41, 5.74) is -1.38. The molecule has 1 aromatic heterocycles. The number of hydrogen-bond acceptors (Lipinski definition) is 2. The molecule has 0 radical (unpaired) electrons. The van der Waals surface area contributed by atoms with Crippen LogP contribution in [0.3, 0.4) is 0 Å². The van der Waals surface area contributed by atoms with Crippen LogP contribution in [-0.2, 0) is 12.7 Å². The number of aromatic nitrogens is 2. The van der Waals surface area contributed by atoms with Crippen LogP contribution < -0.4 is 0 Å². The van der Waals surface area contributed by atoms with Crippen LogP contribution in [0.2, 0.25) is 0 Å². The highest BCUT2D eigenvalue weighted by Crippen LogP contribution is 2.36. The second-order valence-electron chi connectivity index (χ2n) is 4.67. The molecular formula is C14H14F4N2O. The quantitative estimate of drug-likeness (QED) is 0.877. The molecule has 2 rings (SSSR count). The van der Waals surface area contributed by atoms with Gasteiger partial charge in [-0.1, -0.05) is 6.92 Å². The molecule has 21 heavy (non-hydrogen) atoms. The van der Waals surface area contributed by atoms with Gasteiger partial charge in [0.25, 0.3) is 0 Å². The highest BCUT2D eigenvalue weighted by Gasteiger charge is 2.35. The Morgan fingerprint density at radius 1 is 1.33 bits per heavy atom. The van der Waals surface area contributed by atoms with Crippen LogP contribution in [0.5, 0.6) is 0 Å². The molecule has 1 N–H and O–H groups in total. The summed E-state index contributed by atoms with van der Waals surface area (Å²) in [5.74, 6) is -0.835. The third kappa shape index (κ3) is 3.41. The molecule has 0 spiro atoms. The zero-order chi connectivity index (χ0) is 15.6. The molecule has 1 aromatic carbocycles. The zero-order valence-corrected chi connectivity index (χ0v) is 11.2. The van der Waals surface area contributed by atoms with Gasteiger partial charge in [-0.25, -0.2) is 4.39 Å². The van der Waals surface area contributed by atoms with Crippen molar-refractivity contribution in [2.45, 2.75) is 32.2 Å². The second-order valence-corrected chi connectivity index (χ2v) is 4.67. The van der Waals surface area contributed by atoms with E-state index in [0.717, 1.165) is 12.5 Å². The summed E-state index contributed by atoms with van der Waals surface area (Å²) >= 11 is 0. The lowest BCUT2D eigenvalue weighted by Crippen LogP contribution is -2.13. The predicted molar refractivity (Wildman–Crippen MR) is 68.0 cm³/mol. The molecule has 0 aliphatic rings. The second kappa shape index (κ2) is 5.85. The molecule has 1 unspecified atom stereocenters. The van der Waals surface area contributed by atoms with Gasteiger partial charge in [0.15, 0.2) is 0 Å². The Balaban J connectivity index is 2.41. The summed E-state index contributed by atoms with van der Waals surface area (Å²) < 4.78 is 53.5. The minimum absolute atomic E-state index is 0.194. The average Bonchev–Trinajstić information content (AvgIpc) is 2.85. The molecule has 3 nitrogen and oxygen atoms in total. The van der Waals surface area contributed by atoms with Crippen molar-refractivity contribution in [1.82, 2.24) is 9.78 Å². The predicted octanol–water partition coefficient (Wildman–Crippen LogP) is 3.53. The number of nitrogens with zero attached hydrogens (tertiary/aromatic N) is 2. The molecule has 2 aromatic rings. The lowest BCUT2D eigenvalue weighted by atomic mass is 9.98. The summed E-state index contributed by atoms with van der Waals surface area (Å²) in [5, 5.41) is 14.1. The number of aliphatic hydroxyl groups excluding tert-OH is 1. The normalized spacial score (nSPS) is 13.4. The molecule has 0 amide bonds. The van der Waals surface area contributed by atoms with Crippen LogP contribution in [0.15, 0.2) is 30.6 Å². The van der Waals surface area contributed by atoms with Crippen molar-refractivity contribution < 1.29 is 22.7 Å². The monoisotopic (exact) mass is 302 g/mol. The first-order chi connectivity index (χ1) is 9.82. The fourth-order valence-electron chi connectivity index (χ4n) is 2.07. The first kappa shape index (κ1) is 15.5. The Kier molecular flexibility index (Phi) is 4.32. The minimum Gasteiger partial charge on any atom is -0.384 e. The van der Waals surface area contributed by atoms with Gasteiger partial charge in [0, 0.05) is 23.9 Å². The molecular weight excluding hydrogens is 288 g/mol. The summed E-state index contributed by atoms with van der Waals surface area (Å²) in [6, 6.07) is 2.05. The molecule has 0 aliphatic heterocycles. The molecule has 1 atom stereocenters. The Bertz CT molecular complexity index is 622. The van der Waals surface area contributed by atoms with Crippen LogP contribution in [0.25, 0.3) is 0 Å². The number of halogens is 4. The fourth-order valence-corrected chi connectivity index (χ4v) is 2.07. The van der Waals surface area contributed by atoms with Crippen molar-refractivity contribution in [3.8, 4) is 0 Å². The third-order valence-corrected chi connectivity index (χ3v) is 3.04. The maximum Gasteiger partial charge on any atom is 0.416 e. The van der Waals surface area contributed by atoms with Crippen LogP contribution >= 0.6 is 0 Å². The maximum absolute atomic E-state index is 13.2. The van der Waals surface area contributed by atoms with E-state index in [-0.39, 0.29) is 5.56 Å². The highest BCUT2D eigenvalue weighted by atomic mass is 19.4. The largest absolute Gasteiger partial charge is 0.416 e. The van der Waals surface area contributed by atoms with Crippen molar-refractivity contribution in [1.29, 1.82) is 0 Å². The van der Waals surface area contributed by atoms with Gasteiger partial charge in [0.05, 0.1) is 11.8 Å². The van der Waals surface area contributed by atoms with Gasteiger partial charge in [0.1, 0.15) is 11.9 Å². The topological polar surface area (TPSA) is 38.0 Å². The molecule has 7 heteroatoms. The third-order valence-electron chi connectivity index (χ3n) is 3.04. The van der Waals surface area contributed by atoms with E-state index in [1.807, 2.05) is 6.92 Å². The lowest BCUT2D eigenvalue weighted by Gasteiger charge is -2.16. The molecule has 1 heterocycles.